The smallest absolute Gasteiger partial charge is 0.490 e. The van der Waals surface area contributed by atoms with Gasteiger partial charge in [0.2, 0.25) is 0 Å². The molecule has 1 saturated carbocycles. The lowest BCUT2D eigenvalue weighted by molar-refractivity contribution is -0.192. The van der Waals surface area contributed by atoms with E-state index in [9.17, 15) is 26.7 Å². The quantitative estimate of drug-likeness (QED) is 0.257. The Morgan fingerprint density at radius 1 is 0.956 bits per heavy atom. The lowest BCUT2D eigenvalue weighted by Gasteiger charge is -2.45. The summed E-state index contributed by atoms with van der Waals surface area (Å²) in [5.74, 6) is -3.29. The fourth-order valence-electron chi connectivity index (χ4n) is 6.19. The molecule has 0 spiro atoms. The van der Waals surface area contributed by atoms with Gasteiger partial charge < -0.3 is 25.2 Å². The molecule has 2 fully saturated rings. The third-order valence-electron chi connectivity index (χ3n) is 8.31. The molecule has 2 amide bonds. The SMILES string of the molecule is COc1ccc([C@@]23CC[C@@H](NC(=O)Nc4ccc(F)c(F)c4)C[C@@H]2N(Cc2ccccc2)CC3)cc1OC.O=C(O)C(F)(F)F. The van der Waals surface area contributed by atoms with Crippen molar-refractivity contribution in [3.63, 3.8) is 0 Å². The van der Waals surface area contributed by atoms with Crippen LogP contribution >= 0.6 is 0 Å². The third-order valence-corrected chi connectivity index (χ3v) is 8.31. The lowest BCUT2D eigenvalue weighted by atomic mass is 9.65. The zero-order valence-electron chi connectivity index (χ0n) is 24.7. The van der Waals surface area contributed by atoms with Crippen LogP contribution in [-0.4, -0.2) is 61.0 Å². The van der Waals surface area contributed by atoms with Crippen LogP contribution in [0.1, 0.15) is 36.8 Å². The summed E-state index contributed by atoms with van der Waals surface area (Å²) in [6.07, 6.45) is -1.61. The Bertz CT molecular complexity index is 1490. The van der Waals surface area contributed by atoms with Crippen LogP contribution in [0.3, 0.4) is 0 Å². The Kier molecular flexibility index (Phi) is 10.5. The fraction of sp³-hybridized carbons (Fsp3) is 0.375. The molecule has 1 aliphatic carbocycles. The van der Waals surface area contributed by atoms with Crippen molar-refractivity contribution in [3.8, 4) is 11.5 Å². The minimum absolute atomic E-state index is 0.0602. The number of carboxylic acid groups (broad SMARTS) is 1. The van der Waals surface area contributed by atoms with Crippen LogP contribution in [0.4, 0.5) is 32.4 Å². The zero-order valence-corrected chi connectivity index (χ0v) is 24.7. The topological polar surface area (TPSA) is 100 Å². The fourth-order valence-corrected chi connectivity index (χ4v) is 6.19. The van der Waals surface area contributed by atoms with E-state index in [0.717, 1.165) is 50.9 Å². The van der Waals surface area contributed by atoms with E-state index >= 15 is 0 Å². The molecule has 2 aliphatic rings. The molecule has 0 aromatic heterocycles. The van der Waals surface area contributed by atoms with E-state index in [1.807, 2.05) is 12.1 Å². The number of carbonyl (C=O) groups excluding carboxylic acids is 1. The number of rotatable bonds is 7. The molecule has 5 rings (SSSR count). The number of fused-ring (bicyclic) bond motifs is 1. The second-order valence-electron chi connectivity index (χ2n) is 10.9. The van der Waals surface area contributed by atoms with Gasteiger partial charge in [-0.05, 0) is 67.6 Å². The van der Waals surface area contributed by atoms with Crippen molar-refractivity contribution in [2.24, 2.45) is 0 Å². The molecule has 1 aliphatic heterocycles. The highest BCUT2D eigenvalue weighted by Gasteiger charge is 2.51. The van der Waals surface area contributed by atoms with Gasteiger partial charge in [0.25, 0.3) is 0 Å². The molecule has 0 radical (unpaired) electrons. The van der Waals surface area contributed by atoms with Gasteiger partial charge in [-0.1, -0.05) is 36.4 Å². The normalized spacial score (nSPS) is 21.1. The van der Waals surface area contributed by atoms with Crippen LogP contribution in [0.15, 0.2) is 66.7 Å². The summed E-state index contributed by atoms with van der Waals surface area (Å²) in [5.41, 5.74) is 2.61. The first-order valence-corrected chi connectivity index (χ1v) is 14.2. The summed E-state index contributed by atoms with van der Waals surface area (Å²) < 4.78 is 69.7. The number of hydrogen-bond donors (Lipinski definition) is 3. The van der Waals surface area contributed by atoms with E-state index in [4.69, 9.17) is 19.4 Å². The average molecular weight is 636 g/mol. The predicted octanol–water partition coefficient (Wildman–Crippen LogP) is 6.50. The Morgan fingerprint density at radius 2 is 1.64 bits per heavy atom. The average Bonchev–Trinajstić information content (AvgIpc) is 3.37. The van der Waals surface area contributed by atoms with Crippen molar-refractivity contribution in [1.29, 1.82) is 0 Å². The maximum atomic E-state index is 13.6. The molecule has 1 saturated heterocycles. The molecule has 3 aromatic carbocycles. The van der Waals surface area contributed by atoms with Crippen molar-refractivity contribution >= 4 is 17.7 Å². The van der Waals surface area contributed by atoms with Crippen molar-refractivity contribution in [2.75, 3.05) is 26.1 Å². The second-order valence-corrected chi connectivity index (χ2v) is 10.9. The van der Waals surface area contributed by atoms with E-state index in [0.29, 0.717) is 11.5 Å². The number of benzene rings is 3. The van der Waals surface area contributed by atoms with Gasteiger partial charge in [-0.25, -0.2) is 18.4 Å². The Hall–Kier alpha value is -4.39. The first-order valence-electron chi connectivity index (χ1n) is 14.2. The van der Waals surface area contributed by atoms with Gasteiger partial charge in [-0.2, -0.15) is 13.2 Å². The summed E-state index contributed by atoms with van der Waals surface area (Å²) in [7, 11) is 3.29. The molecule has 3 aromatic rings. The number of carboxylic acids is 1. The molecular weight excluding hydrogens is 601 g/mol. The van der Waals surface area contributed by atoms with Crippen molar-refractivity contribution in [1.82, 2.24) is 10.2 Å². The Balaban J connectivity index is 0.000000591. The van der Waals surface area contributed by atoms with Gasteiger partial charge in [0.05, 0.1) is 14.2 Å². The van der Waals surface area contributed by atoms with Gasteiger partial charge in [-0.3, -0.25) is 4.90 Å². The van der Waals surface area contributed by atoms with E-state index in [-0.39, 0.29) is 23.2 Å². The number of likely N-dealkylation sites (tertiary alicyclic amines) is 1. The van der Waals surface area contributed by atoms with Crippen LogP contribution < -0.4 is 20.1 Å². The van der Waals surface area contributed by atoms with Crippen molar-refractivity contribution in [2.45, 2.75) is 55.9 Å². The van der Waals surface area contributed by atoms with Gasteiger partial charge >= 0.3 is 18.2 Å². The number of carbonyl (C=O) groups is 2. The molecule has 242 valence electrons. The number of methoxy groups -OCH3 is 2. The van der Waals surface area contributed by atoms with E-state index in [2.05, 4.69) is 51.9 Å². The third kappa shape index (κ3) is 8.01. The summed E-state index contributed by atoms with van der Waals surface area (Å²) in [6.45, 7) is 1.77. The summed E-state index contributed by atoms with van der Waals surface area (Å²) >= 11 is 0. The number of hydrogen-bond acceptors (Lipinski definition) is 5. The number of alkyl halides is 3. The molecule has 0 unspecified atom stereocenters. The molecule has 45 heavy (non-hydrogen) atoms. The maximum Gasteiger partial charge on any atom is 0.490 e. The van der Waals surface area contributed by atoms with Crippen LogP contribution in [-0.2, 0) is 16.8 Å². The van der Waals surface area contributed by atoms with Gasteiger partial charge in [0.1, 0.15) is 0 Å². The Labute approximate surface area is 257 Å². The number of nitrogens with one attached hydrogen (secondary N) is 2. The van der Waals surface area contributed by atoms with Crippen LogP contribution in [0.25, 0.3) is 0 Å². The van der Waals surface area contributed by atoms with Crippen LogP contribution in [0, 0.1) is 11.6 Å². The Morgan fingerprint density at radius 3 is 2.27 bits per heavy atom. The van der Waals surface area contributed by atoms with E-state index in [1.165, 1.54) is 17.2 Å². The van der Waals surface area contributed by atoms with Crippen LogP contribution in [0.5, 0.6) is 11.5 Å². The highest BCUT2D eigenvalue weighted by Crippen LogP contribution is 2.50. The highest BCUT2D eigenvalue weighted by molar-refractivity contribution is 5.89. The van der Waals surface area contributed by atoms with Crippen molar-refractivity contribution < 1.29 is 46.1 Å². The highest BCUT2D eigenvalue weighted by atomic mass is 19.4. The number of anilines is 1. The minimum Gasteiger partial charge on any atom is -0.493 e. The predicted molar refractivity (Wildman–Crippen MR) is 156 cm³/mol. The first-order chi connectivity index (χ1) is 21.4. The van der Waals surface area contributed by atoms with E-state index < -0.39 is 29.8 Å². The largest absolute Gasteiger partial charge is 0.493 e. The molecule has 3 N–H and O–H groups in total. The molecule has 3 atom stereocenters. The summed E-state index contributed by atoms with van der Waals surface area (Å²) in [4.78, 5) is 24.2. The van der Waals surface area contributed by atoms with Crippen LogP contribution in [0.2, 0.25) is 0 Å². The first kappa shape index (κ1) is 33.5. The molecule has 1 heterocycles. The van der Waals surface area contributed by atoms with Gasteiger partial charge in [0.15, 0.2) is 23.1 Å². The molecule has 8 nitrogen and oxygen atoms in total. The number of halogens is 5. The molecule has 0 bridgehead atoms. The maximum absolute atomic E-state index is 13.6. The number of nitrogens with zero attached hydrogens (tertiary/aromatic N) is 1. The zero-order chi connectivity index (χ0) is 32.8. The van der Waals surface area contributed by atoms with Gasteiger partial charge in [0, 0.05) is 35.8 Å². The summed E-state index contributed by atoms with van der Waals surface area (Å²) in [6, 6.07) is 19.7. The van der Waals surface area contributed by atoms with Gasteiger partial charge in [-0.15, -0.1) is 0 Å². The minimum atomic E-state index is -5.08. The second kappa shape index (κ2) is 14.1. The summed E-state index contributed by atoms with van der Waals surface area (Å²) in [5, 5.41) is 12.8. The molecule has 13 heteroatoms. The van der Waals surface area contributed by atoms with E-state index in [1.54, 1.807) is 14.2 Å². The van der Waals surface area contributed by atoms with Crippen molar-refractivity contribution in [3.05, 3.63) is 89.5 Å². The molecular formula is C32H34F5N3O5. The number of urea groups is 1. The number of amides is 2. The monoisotopic (exact) mass is 635 g/mol. The standard InChI is InChI=1S/C30H33F2N3O3.C2HF3O2/c1-37-26-11-8-21(16-27(26)38-2)30-13-12-23(34-29(36)33-22-9-10-24(31)25(32)17-22)18-28(30)35(15-14-30)19-20-6-4-3-5-7-20;3-2(4,5)1(6)7/h3-11,16-17,23,28H,12-15,18-19H2,1-2H3,(H2,33,34,36);(H,6,7)/t23-,28+,30+;/m1./s1. The number of aliphatic carboxylic acids is 1. The lowest BCUT2D eigenvalue weighted by Crippen LogP contribution is -2.52. The number of ether oxygens (including phenoxy) is 2.